The first-order valence-corrected chi connectivity index (χ1v) is 8.19. The number of nitro groups is 1. The van der Waals surface area contributed by atoms with E-state index < -0.39 is 23.4 Å². The Balaban J connectivity index is 1.91. The highest BCUT2D eigenvalue weighted by Gasteiger charge is 2.16. The molecule has 26 heavy (non-hydrogen) atoms. The average Bonchev–Trinajstić information content (AvgIpc) is 2.62. The fourth-order valence-electron chi connectivity index (χ4n) is 2.11. The van der Waals surface area contributed by atoms with Crippen LogP contribution in [0.5, 0.6) is 0 Å². The minimum absolute atomic E-state index is 0.00969. The summed E-state index contributed by atoms with van der Waals surface area (Å²) in [5.74, 6) is -1.35. The van der Waals surface area contributed by atoms with Gasteiger partial charge in [0.05, 0.1) is 26.6 Å². The van der Waals surface area contributed by atoms with Crippen molar-refractivity contribution in [3.8, 4) is 0 Å². The second-order valence-electron chi connectivity index (χ2n) is 5.35. The van der Waals surface area contributed by atoms with Crippen molar-refractivity contribution in [1.29, 1.82) is 0 Å². The van der Waals surface area contributed by atoms with Gasteiger partial charge >= 0.3 is 5.97 Å². The quantitative estimate of drug-likeness (QED) is 0.452. The van der Waals surface area contributed by atoms with Gasteiger partial charge in [-0.15, -0.1) is 0 Å². The van der Waals surface area contributed by atoms with Crippen LogP contribution in [0.1, 0.15) is 28.9 Å². The lowest BCUT2D eigenvalue weighted by molar-refractivity contribution is -0.384. The highest BCUT2D eigenvalue weighted by Crippen LogP contribution is 2.25. The molecule has 136 valence electrons. The monoisotopic (exact) mass is 396 g/mol. The molecule has 0 aliphatic rings. The highest BCUT2D eigenvalue weighted by molar-refractivity contribution is 6.42. The fourth-order valence-corrected chi connectivity index (χ4v) is 2.42. The van der Waals surface area contributed by atoms with E-state index >= 15 is 0 Å². The van der Waals surface area contributed by atoms with Crippen molar-refractivity contribution in [3.05, 3.63) is 73.8 Å². The molecule has 2 aromatic carbocycles. The highest BCUT2D eigenvalue weighted by atomic mass is 35.5. The number of esters is 1. The standard InChI is InChI=1S/C17H14Cl2N2O5/c1-10(11-5-6-14(18)15(19)8-11)20-16(22)9-26-17(23)12-3-2-4-13(7-12)21(24)25/h2-8,10H,9H2,1H3,(H,20,22)/t10-/m0/s1. The van der Waals surface area contributed by atoms with Gasteiger partial charge in [0.1, 0.15) is 0 Å². The van der Waals surface area contributed by atoms with Gasteiger partial charge in [-0.3, -0.25) is 14.9 Å². The van der Waals surface area contributed by atoms with Crippen LogP contribution in [0.25, 0.3) is 0 Å². The Morgan fingerprint density at radius 2 is 1.92 bits per heavy atom. The number of halogens is 2. The van der Waals surface area contributed by atoms with Gasteiger partial charge in [-0.25, -0.2) is 4.79 Å². The molecule has 2 rings (SSSR count). The molecule has 0 unspecified atom stereocenters. The Bertz CT molecular complexity index is 857. The summed E-state index contributed by atoms with van der Waals surface area (Å²) in [7, 11) is 0. The predicted octanol–water partition coefficient (Wildman–Crippen LogP) is 3.94. The molecule has 0 bridgehead atoms. The molecule has 0 aliphatic heterocycles. The molecule has 0 spiro atoms. The molecule has 2 aromatic rings. The number of carbonyl (C=O) groups excluding carboxylic acids is 2. The molecular formula is C17H14Cl2N2O5. The van der Waals surface area contributed by atoms with Gasteiger partial charge in [0.25, 0.3) is 11.6 Å². The Labute approximate surface area is 159 Å². The van der Waals surface area contributed by atoms with Crippen LogP contribution in [0.2, 0.25) is 10.0 Å². The number of carbonyl (C=O) groups is 2. The third-order valence-electron chi connectivity index (χ3n) is 3.45. The van der Waals surface area contributed by atoms with Crippen LogP contribution in [0.4, 0.5) is 5.69 Å². The Morgan fingerprint density at radius 3 is 2.58 bits per heavy atom. The summed E-state index contributed by atoms with van der Waals surface area (Å²) in [5, 5.41) is 14.1. The van der Waals surface area contributed by atoms with Crippen LogP contribution in [-0.4, -0.2) is 23.4 Å². The first-order valence-electron chi connectivity index (χ1n) is 7.44. The third-order valence-corrected chi connectivity index (χ3v) is 4.19. The largest absolute Gasteiger partial charge is 0.452 e. The second-order valence-corrected chi connectivity index (χ2v) is 6.16. The number of non-ortho nitro benzene ring substituents is 1. The molecule has 7 nitrogen and oxygen atoms in total. The topological polar surface area (TPSA) is 98.5 Å². The Morgan fingerprint density at radius 1 is 1.19 bits per heavy atom. The van der Waals surface area contributed by atoms with Crippen molar-refractivity contribution in [2.75, 3.05) is 6.61 Å². The molecule has 0 saturated carbocycles. The summed E-state index contributed by atoms with van der Waals surface area (Å²) in [6, 6.07) is 9.64. The number of nitrogens with one attached hydrogen (secondary N) is 1. The maximum absolute atomic E-state index is 11.9. The number of amides is 1. The van der Waals surface area contributed by atoms with E-state index in [4.69, 9.17) is 27.9 Å². The van der Waals surface area contributed by atoms with E-state index in [1.165, 1.54) is 18.2 Å². The number of nitro benzene ring substituents is 1. The number of ether oxygens (including phenoxy) is 1. The maximum Gasteiger partial charge on any atom is 0.338 e. The van der Waals surface area contributed by atoms with Gasteiger partial charge in [-0.1, -0.05) is 35.3 Å². The first-order chi connectivity index (χ1) is 12.3. The lowest BCUT2D eigenvalue weighted by atomic mass is 10.1. The van der Waals surface area contributed by atoms with Crippen molar-refractivity contribution in [3.63, 3.8) is 0 Å². The molecule has 0 fully saturated rings. The van der Waals surface area contributed by atoms with Gasteiger partial charge in [0, 0.05) is 12.1 Å². The maximum atomic E-state index is 11.9. The lowest BCUT2D eigenvalue weighted by Crippen LogP contribution is -2.31. The number of hydrogen-bond donors (Lipinski definition) is 1. The Kier molecular flexibility index (Phi) is 6.54. The molecule has 0 aromatic heterocycles. The average molecular weight is 397 g/mol. The number of benzene rings is 2. The van der Waals surface area contributed by atoms with Crippen molar-refractivity contribution < 1.29 is 19.2 Å². The molecule has 1 N–H and O–H groups in total. The van der Waals surface area contributed by atoms with Crippen molar-refractivity contribution >= 4 is 40.8 Å². The van der Waals surface area contributed by atoms with Gasteiger partial charge in [-0.05, 0) is 30.7 Å². The van der Waals surface area contributed by atoms with E-state index in [0.29, 0.717) is 10.0 Å². The molecule has 0 heterocycles. The van der Waals surface area contributed by atoms with Crippen molar-refractivity contribution in [1.82, 2.24) is 5.32 Å². The molecule has 0 radical (unpaired) electrons. The minimum atomic E-state index is -0.828. The number of hydrogen-bond acceptors (Lipinski definition) is 5. The first kappa shape index (κ1) is 19.7. The summed E-state index contributed by atoms with van der Waals surface area (Å²) in [6.07, 6.45) is 0. The van der Waals surface area contributed by atoms with Crippen molar-refractivity contribution in [2.24, 2.45) is 0 Å². The number of rotatable bonds is 6. The smallest absolute Gasteiger partial charge is 0.338 e. The van der Waals surface area contributed by atoms with Crippen LogP contribution in [-0.2, 0) is 9.53 Å². The van der Waals surface area contributed by atoms with Crippen LogP contribution in [0.3, 0.4) is 0 Å². The molecular weight excluding hydrogens is 383 g/mol. The van der Waals surface area contributed by atoms with Gasteiger partial charge in [-0.2, -0.15) is 0 Å². The second kappa shape index (κ2) is 8.64. The minimum Gasteiger partial charge on any atom is -0.452 e. The van der Waals surface area contributed by atoms with Crippen LogP contribution < -0.4 is 5.32 Å². The Hall–Kier alpha value is -2.64. The summed E-state index contributed by atoms with van der Waals surface area (Å²) >= 11 is 11.8. The molecule has 1 amide bonds. The molecule has 9 heteroatoms. The summed E-state index contributed by atoms with van der Waals surface area (Å²) < 4.78 is 4.88. The molecule has 0 saturated heterocycles. The third kappa shape index (κ3) is 5.18. The number of nitrogens with zero attached hydrogens (tertiary/aromatic N) is 1. The van der Waals surface area contributed by atoms with E-state index in [2.05, 4.69) is 5.32 Å². The normalized spacial score (nSPS) is 11.5. The van der Waals surface area contributed by atoms with Crippen LogP contribution in [0, 0.1) is 10.1 Å². The van der Waals surface area contributed by atoms with Gasteiger partial charge in [0.2, 0.25) is 0 Å². The van der Waals surface area contributed by atoms with E-state index in [1.807, 2.05) is 0 Å². The van der Waals surface area contributed by atoms with E-state index in [1.54, 1.807) is 25.1 Å². The van der Waals surface area contributed by atoms with E-state index in [0.717, 1.165) is 11.6 Å². The van der Waals surface area contributed by atoms with E-state index in [-0.39, 0.29) is 17.3 Å². The summed E-state index contributed by atoms with van der Waals surface area (Å²) in [4.78, 5) is 33.9. The fraction of sp³-hybridized carbons (Fsp3) is 0.176. The van der Waals surface area contributed by atoms with Crippen LogP contribution >= 0.6 is 23.2 Å². The molecule has 0 aliphatic carbocycles. The van der Waals surface area contributed by atoms with Crippen LogP contribution in [0.15, 0.2) is 42.5 Å². The zero-order valence-electron chi connectivity index (χ0n) is 13.6. The zero-order chi connectivity index (χ0) is 19.3. The zero-order valence-corrected chi connectivity index (χ0v) is 15.1. The predicted molar refractivity (Wildman–Crippen MR) is 96.4 cm³/mol. The summed E-state index contributed by atoms with van der Waals surface area (Å²) in [6.45, 7) is 1.22. The van der Waals surface area contributed by atoms with Crippen molar-refractivity contribution in [2.45, 2.75) is 13.0 Å². The SMILES string of the molecule is C[C@H](NC(=O)COC(=O)c1cccc([N+](=O)[O-])c1)c1ccc(Cl)c(Cl)c1. The van der Waals surface area contributed by atoms with E-state index in [9.17, 15) is 19.7 Å². The summed E-state index contributed by atoms with van der Waals surface area (Å²) in [5.41, 5.74) is 0.486. The van der Waals surface area contributed by atoms with Gasteiger partial charge in [0.15, 0.2) is 6.61 Å². The van der Waals surface area contributed by atoms with Gasteiger partial charge < -0.3 is 10.1 Å². The lowest BCUT2D eigenvalue weighted by Gasteiger charge is -2.15. The molecule has 1 atom stereocenters.